The highest BCUT2D eigenvalue weighted by atomic mass is 35.5. The summed E-state index contributed by atoms with van der Waals surface area (Å²) in [4.78, 5) is 41.1. The molecule has 1 atom stereocenters. The van der Waals surface area contributed by atoms with Gasteiger partial charge in [-0.05, 0) is 41.3 Å². The molecule has 1 heterocycles. The van der Waals surface area contributed by atoms with Gasteiger partial charge in [-0.15, -0.1) is 0 Å². The first kappa shape index (κ1) is 25.6. The maximum atomic E-state index is 13.6. The molecular weight excluding hydrogens is 486 g/mol. The number of ether oxygens (including phenoxy) is 1. The number of nitrogens with zero attached hydrogens (tertiary/aromatic N) is 2. The number of nitrogens with one attached hydrogen (secondary N) is 2. The molecule has 0 saturated carbocycles. The van der Waals surface area contributed by atoms with Crippen molar-refractivity contribution in [3.63, 3.8) is 0 Å². The van der Waals surface area contributed by atoms with Gasteiger partial charge in [0.05, 0.1) is 17.5 Å². The van der Waals surface area contributed by atoms with Gasteiger partial charge in [-0.1, -0.05) is 23.7 Å². The molecule has 9 nitrogen and oxygen atoms in total. The van der Waals surface area contributed by atoms with Gasteiger partial charge >= 0.3 is 18.1 Å². The number of carbonyl (C=O) groups is 3. The molecule has 0 unspecified atom stereocenters. The number of anilines is 1. The second-order valence-electron chi connectivity index (χ2n) is 7.52. The summed E-state index contributed by atoms with van der Waals surface area (Å²) in [6.07, 6.45) is -0.00422. The molecule has 0 radical (unpaired) electrons. The molecule has 0 aliphatic rings. The Bertz CT molecular complexity index is 1260. The van der Waals surface area contributed by atoms with Crippen LogP contribution < -0.4 is 10.6 Å². The van der Waals surface area contributed by atoms with Gasteiger partial charge in [0, 0.05) is 25.2 Å². The Labute approximate surface area is 203 Å². The van der Waals surface area contributed by atoms with E-state index in [1.165, 1.54) is 49.6 Å². The molecule has 35 heavy (non-hydrogen) atoms. The van der Waals surface area contributed by atoms with Crippen molar-refractivity contribution in [1.29, 1.82) is 0 Å². The number of urea groups is 1. The lowest BCUT2D eigenvalue weighted by Gasteiger charge is -2.27. The lowest BCUT2D eigenvalue weighted by molar-refractivity contribution is -0.138. The van der Waals surface area contributed by atoms with E-state index >= 15 is 0 Å². The van der Waals surface area contributed by atoms with Crippen molar-refractivity contribution in [2.24, 2.45) is 0 Å². The van der Waals surface area contributed by atoms with Crippen LogP contribution in [0, 0.1) is 11.6 Å². The lowest BCUT2D eigenvalue weighted by Crippen LogP contribution is -2.46. The molecule has 12 heteroatoms. The zero-order valence-electron chi connectivity index (χ0n) is 18.4. The molecule has 0 bridgehead atoms. The van der Waals surface area contributed by atoms with E-state index in [1.807, 2.05) is 0 Å². The van der Waals surface area contributed by atoms with E-state index in [4.69, 9.17) is 16.3 Å². The van der Waals surface area contributed by atoms with Crippen molar-refractivity contribution in [1.82, 2.24) is 15.2 Å². The van der Waals surface area contributed by atoms with E-state index in [1.54, 1.807) is 6.07 Å². The highest BCUT2D eigenvalue weighted by Gasteiger charge is 2.24. The molecule has 3 N–H and O–H groups in total. The first-order chi connectivity index (χ1) is 16.6. The largest absolute Gasteiger partial charge is 0.481 e. The molecule has 0 aliphatic carbocycles. The smallest absolute Gasteiger partial charge is 0.412 e. The number of halogens is 3. The van der Waals surface area contributed by atoms with Crippen molar-refractivity contribution in [2.45, 2.75) is 19.0 Å². The van der Waals surface area contributed by atoms with Gasteiger partial charge in [-0.25, -0.2) is 23.4 Å². The first-order valence-corrected chi connectivity index (χ1v) is 10.7. The maximum absolute atomic E-state index is 13.6. The Balaban J connectivity index is 1.59. The highest BCUT2D eigenvalue weighted by Crippen LogP contribution is 2.20. The van der Waals surface area contributed by atoms with Crippen LogP contribution in [0.25, 0.3) is 10.8 Å². The van der Waals surface area contributed by atoms with E-state index in [0.717, 1.165) is 4.90 Å². The van der Waals surface area contributed by atoms with E-state index in [-0.39, 0.29) is 17.4 Å². The number of aliphatic carboxylic acids is 1. The molecule has 0 aliphatic heterocycles. The van der Waals surface area contributed by atoms with Crippen LogP contribution >= 0.6 is 11.6 Å². The van der Waals surface area contributed by atoms with Gasteiger partial charge in [0.2, 0.25) is 0 Å². The number of pyridine rings is 1. The minimum Gasteiger partial charge on any atom is -0.481 e. The number of carboxylic acid groups (broad SMARTS) is 1. The Morgan fingerprint density at radius 2 is 1.94 bits per heavy atom. The Hall–Kier alpha value is -3.99. The Morgan fingerprint density at radius 1 is 1.17 bits per heavy atom. The molecule has 1 aromatic heterocycles. The summed E-state index contributed by atoms with van der Waals surface area (Å²) in [6.45, 7) is -0.542. The van der Waals surface area contributed by atoms with Crippen LogP contribution in [0.1, 0.15) is 12.0 Å². The number of benzene rings is 2. The summed E-state index contributed by atoms with van der Waals surface area (Å²) in [5.41, 5.74) is 0.335. The van der Waals surface area contributed by atoms with Crippen molar-refractivity contribution < 1.29 is 33.0 Å². The van der Waals surface area contributed by atoms with Gasteiger partial charge < -0.3 is 20.1 Å². The van der Waals surface area contributed by atoms with E-state index in [2.05, 4.69) is 15.6 Å². The molecular formula is C23H21ClF2N4O5. The summed E-state index contributed by atoms with van der Waals surface area (Å²) in [7, 11) is 1.33. The quantitative estimate of drug-likeness (QED) is 0.416. The number of rotatable bonds is 8. The van der Waals surface area contributed by atoms with Crippen LogP contribution in [-0.2, 0) is 16.1 Å². The fourth-order valence-electron chi connectivity index (χ4n) is 3.15. The summed E-state index contributed by atoms with van der Waals surface area (Å²) in [5, 5.41) is 15.1. The van der Waals surface area contributed by atoms with Crippen LogP contribution in [0.2, 0.25) is 5.02 Å². The number of carbonyl (C=O) groups excluding carboxylic acids is 2. The minimum atomic E-state index is -1.22. The molecule has 0 fully saturated rings. The standard InChI is InChI=1S/C23H21ClF2N4O5/c1-30(22(33)28-11-14-3-2-4-18(26)21(14)24)17(9-20(31)32)12-35-23(34)29-19-8-15-7-16(25)6-5-13(15)10-27-19/h2-8,10,17H,9,11-12H2,1H3,(H,28,33)(H,31,32)(H,27,29,34)/t17-/m0/s1. The predicted molar refractivity (Wildman–Crippen MR) is 124 cm³/mol. The Kier molecular flexibility index (Phi) is 8.37. The van der Waals surface area contributed by atoms with Crippen LogP contribution in [0.3, 0.4) is 0 Å². The minimum absolute atomic E-state index is 0.0981. The van der Waals surface area contributed by atoms with Crippen LogP contribution in [0.15, 0.2) is 48.7 Å². The lowest BCUT2D eigenvalue weighted by atomic mass is 10.2. The molecule has 184 valence electrons. The van der Waals surface area contributed by atoms with Crippen molar-refractivity contribution in [3.8, 4) is 0 Å². The molecule has 2 aromatic carbocycles. The number of hydrogen-bond donors (Lipinski definition) is 3. The summed E-state index contributed by atoms with van der Waals surface area (Å²) < 4.78 is 32.1. The van der Waals surface area contributed by atoms with E-state index < -0.39 is 48.8 Å². The third kappa shape index (κ3) is 7.00. The van der Waals surface area contributed by atoms with Crippen LogP contribution in [-0.4, -0.2) is 52.8 Å². The molecule has 3 amide bonds. The number of amides is 3. The zero-order valence-corrected chi connectivity index (χ0v) is 19.2. The van der Waals surface area contributed by atoms with Gasteiger partial charge in [-0.3, -0.25) is 10.1 Å². The predicted octanol–water partition coefficient (Wildman–Crippen LogP) is 4.40. The topological polar surface area (TPSA) is 121 Å². The number of likely N-dealkylation sites (N-methyl/N-ethyl adjacent to an activating group) is 1. The van der Waals surface area contributed by atoms with Crippen LogP contribution in [0.5, 0.6) is 0 Å². The first-order valence-electron chi connectivity index (χ1n) is 10.3. The SMILES string of the molecule is CN(C(=O)NCc1cccc(F)c1Cl)[C@H](COC(=O)Nc1cc2cc(F)ccc2cn1)CC(=O)O. The Morgan fingerprint density at radius 3 is 2.69 bits per heavy atom. The normalized spacial score (nSPS) is 11.5. The van der Waals surface area contributed by atoms with Crippen LogP contribution in [0.4, 0.5) is 24.2 Å². The fraction of sp³-hybridized carbons (Fsp3) is 0.217. The summed E-state index contributed by atoms with van der Waals surface area (Å²) in [6, 6.07) is 8.00. The number of fused-ring (bicyclic) bond motifs is 1. The molecule has 3 aromatic rings. The summed E-state index contributed by atoms with van der Waals surface area (Å²) in [5.74, 6) is -2.21. The number of hydrogen-bond acceptors (Lipinski definition) is 5. The summed E-state index contributed by atoms with van der Waals surface area (Å²) >= 11 is 5.87. The maximum Gasteiger partial charge on any atom is 0.412 e. The highest BCUT2D eigenvalue weighted by molar-refractivity contribution is 6.31. The number of aromatic nitrogens is 1. The van der Waals surface area contributed by atoms with Crippen molar-refractivity contribution in [2.75, 3.05) is 19.0 Å². The molecule has 3 rings (SSSR count). The van der Waals surface area contributed by atoms with Gasteiger partial charge in [0.1, 0.15) is 24.1 Å². The van der Waals surface area contributed by atoms with E-state index in [0.29, 0.717) is 16.3 Å². The van der Waals surface area contributed by atoms with Crippen molar-refractivity contribution in [3.05, 3.63) is 70.9 Å². The van der Waals surface area contributed by atoms with E-state index in [9.17, 15) is 28.3 Å². The fourth-order valence-corrected chi connectivity index (χ4v) is 3.34. The average molecular weight is 507 g/mol. The molecule has 0 saturated heterocycles. The zero-order chi connectivity index (χ0) is 25.5. The van der Waals surface area contributed by atoms with Gasteiger partial charge in [0.25, 0.3) is 0 Å². The van der Waals surface area contributed by atoms with Crippen molar-refractivity contribution >= 4 is 46.3 Å². The monoisotopic (exact) mass is 506 g/mol. The van der Waals surface area contributed by atoms with Gasteiger partial charge in [0.15, 0.2) is 0 Å². The number of carboxylic acids is 1. The van der Waals surface area contributed by atoms with Gasteiger partial charge in [-0.2, -0.15) is 0 Å². The third-order valence-corrected chi connectivity index (χ3v) is 5.48. The second kappa shape index (κ2) is 11.4. The second-order valence-corrected chi connectivity index (χ2v) is 7.90. The molecule has 0 spiro atoms. The average Bonchev–Trinajstić information content (AvgIpc) is 2.81. The third-order valence-electron chi connectivity index (χ3n) is 5.06.